The lowest BCUT2D eigenvalue weighted by Crippen LogP contribution is -2.09. The van der Waals surface area contributed by atoms with Gasteiger partial charge in [-0.15, -0.1) is 0 Å². The lowest BCUT2D eigenvalue weighted by molar-refractivity contribution is 0.0973. The molecule has 0 aliphatic carbocycles. The van der Waals surface area contributed by atoms with E-state index in [2.05, 4.69) is 10.1 Å². The molecule has 0 bridgehead atoms. The molecule has 2 aromatic heterocycles. The largest absolute Gasteiger partial charge is 0.338 e. The molecule has 0 atom stereocenters. The van der Waals surface area contributed by atoms with Gasteiger partial charge in [-0.1, -0.05) is 0 Å². The van der Waals surface area contributed by atoms with Gasteiger partial charge in [-0.3, -0.25) is 9.48 Å². The van der Waals surface area contributed by atoms with Crippen molar-refractivity contribution in [2.24, 2.45) is 14.1 Å². The van der Waals surface area contributed by atoms with Crippen LogP contribution in [0.1, 0.15) is 28.4 Å². The second-order valence-electron chi connectivity index (χ2n) is 4.17. The van der Waals surface area contributed by atoms with Crippen LogP contribution in [0.25, 0.3) is 0 Å². The summed E-state index contributed by atoms with van der Waals surface area (Å²) in [6, 6.07) is 1.82. The molecule has 0 aliphatic rings. The van der Waals surface area contributed by atoms with Gasteiger partial charge in [0.2, 0.25) is 0 Å². The minimum absolute atomic E-state index is 0.108. The summed E-state index contributed by atoms with van der Waals surface area (Å²) in [6.45, 7) is 1.88. The van der Waals surface area contributed by atoms with E-state index in [-0.39, 0.29) is 5.78 Å². The minimum Gasteiger partial charge on any atom is -0.338 e. The fourth-order valence-corrected chi connectivity index (χ4v) is 1.86. The third-order valence-electron chi connectivity index (χ3n) is 2.78. The molecular weight excluding hydrogens is 216 g/mol. The van der Waals surface area contributed by atoms with E-state index >= 15 is 0 Å². The topological polar surface area (TPSA) is 52.7 Å². The van der Waals surface area contributed by atoms with Gasteiger partial charge in [-0.25, -0.2) is 4.98 Å². The van der Waals surface area contributed by atoms with E-state index in [9.17, 15) is 4.79 Å². The van der Waals surface area contributed by atoms with E-state index in [0.29, 0.717) is 18.5 Å². The molecule has 0 N–H and O–H groups in total. The van der Waals surface area contributed by atoms with Crippen LogP contribution < -0.4 is 0 Å². The van der Waals surface area contributed by atoms with E-state index < -0.39 is 0 Å². The molecule has 0 spiro atoms. The molecule has 5 nitrogen and oxygen atoms in total. The standard InChI is InChI=1S/C12H16N4O/c1-9-8-10(16(3)14-9)11(17)4-5-12-13-6-7-15(12)2/h6-8H,4-5H2,1-3H3. The lowest BCUT2D eigenvalue weighted by atomic mass is 10.1. The second-order valence-corrected chi connectivity index (χ2v) is 4.17. The molecule has 0 fully saturated rings. The Bertz CT molecular complexity index is 538. The van der Waals surface area contributed by atoms with Gasteiger partial charge in [0.1, 0.15) is 11.5 Å². The number of nitrogens with zero attached hydrogens (tertiary/aromatic N) is 4. The fourth-order valence-electron chi connectivity index (χ4n) is 1.86. The average molecular weight is 232 g/mol. The number of aromatic nitrogens is 4. The molecule has 5 heteroatoms. The summed E-state index contributed by atoms with van der Waals surface area (Å²) in [5.41, 5.74) is 1.53. The number of Topliss-reactive ketones (excluding diaryl/α,β-unsaturated/α-hetero) is 1. The maximum Gasteiger partial charge on any atom is 0.181 e. The zero-order valence-corrected chi connectivity index (χ0v) is 10.3. The van der Waals surface area contributed by atoms with Crippen LogP contribution in [0.5, 0.6) is 0 Å². The number of carbonyl (C=O) groups excluding carboxylic acids is 1. The van der Waals surface area contributed by atoms with Gasteiger partial charge in [-0.05, 0) is 13.0 Å². The molecule has 0 saturated carbocycles. The molecule has 0 aliphatic heterocycles. The Morgan fingerprint density at radius 2 is 2.18 bits per heavy atom. The van der Waals surface area contributed by atoms with Gasteiger partial charge >= 0.3 is 0 Å². The number of carbonyl (C=O) groups is 1. The number of ketones is 1. The van der Waals surface area contributed by atoms with Crippen molar-refractivity contribution < 1.29 is 4.79 Å². The van der Waals surface area contributed by atoms with Crippen molar-refractivity contribution in [1.82, 2.24) is 19.3 Å². The summed E-state index contributed by atoms with van der Waals surface area (Å²) in [6.07, 6.45) is 4.75. The highest BCUT2D eigenvalue weighted by Crippen LogP contribution is 2.08. The SMILES string of the molecule is Cc1cc(C(=O)CCc2nccn2C)n(C)n1. The number of hydrogen-bond donors (Lipinski definition) is 0. The lowest BCUT2D eigenvalue weighted by Gasteiger charge is -2.02. The number of imidazole rings is 1. The zero-order valence-electron chi connectivity index (χ0n) is 10.3. The number of hydrogen-bond acceptors (Lipinski definition) is 3. The fraction of sp³-hybridized carbons (Fsp3) is 0.417. The Kier molecular flexibility index (Phi) is 3.08. The van der Waals surface area contributed by atoms with Gasteiger partial charge in [0, 0.05) is 39.3 Å². The molecule has 0 amide bonds. The van der Waals surface area contributed by atoms with Crippen molar-refractivity contribution in [3.8, 4) is 0 Å². The number of rotatable bonds is 4. The molecule has 17 heavy (non-hydrogen) atoms. The van der Waals surface area contributed by atoms with Crippen LogP contribution in [0, 0.1) is 6.92 Å². The maximum absolute atomic E-state index is 12.0. The van der Waals surface area contributed by atoms with E-state index in [0.717, 1.165) is 11.5 Å². The quantitative estimate of drug-likeness (QED) is 0.746. The summed E-state index contributed by atoms with van der Waals surface area (Å²) in [5.74, 6) is 1.04. The first kappa shape index (κ1) is 11.6. The van der Waals surface area contributed by atoms with Gasteiger partial charge in [0.25, 0.3) is 0 Å². The molecule has 90 valence electrons. The van der Waals surface area contributed by atoms with Crippen LogP contribution in [0.15, 0.2) is 18.5 Å². The van der Waals surface area contributed by atoms with E-state index in [1.54, 1.807) is 17.9 Å². The normalized spacial score (nSPS) is 10.8. The van der Waals surface area contributed by atoms with Gasteiger partial charge in [0.05, 0.1) is 5.69 Å². The first-order chi connectivity index (χ1) is 8.08. The molecule has 2 heterocycles. The van der Waals surface area contributed by atoms with Gasteiger partial charge in [0.15, 0.2) is 5.78 Å². The second kappa shape index (κ2) is 4.53. The van der Waals surface area contributed by atoms with Gasteiger partial charge in [-0.2, -0.15) is 5.10 Å². The van der Waals surface area contributed by atoms with Crippen LogP contribution in [0.2, 0.25) is 0 Å². The smallest absolute Gasteiger partial charge is 0.181 e. The highest BCUT2D eigenvalue weighted by atomic mass is 16.1. The zero-order chi connectivity index (χ0) is 12.4. The van der Waals surface area contributed by atoms with E-state index in [1.807, 2.05) is 30.8 Å². The Morgan fingerprint density at radius 3 is 2.71 bits per heavy atom. The van der Waals surface area contributed by atoms with Crippen molar-refractivity contribution in [2.75, 3.05) is 0 Å². The van der Waals surface area contributed by atoms with Crippen molar-refractivity contribution in [3.63, 3.8) is 0 Å². The molecule has 2 rings (SSSR count). The molecule has 0 unspecified atom stereocenters. The van der Waals surface area contributed by atoms with Crippen LogP contribution in [0.4, 0.5) is 0 Å². The van der Waals surface area contributed by atoms with Crippen LogP contribution in [-0.4, -0.2) is 25.1 Å². The predicted octanol–water partition coefficient (Wildman–Crippen LogP) is 1.28. The van der Waals surface area contributed by atoms with Crippen LogP contribution in [-0.2, 0) is 20.5 Å². The Balaban J connectivity index is 2.03. The molecule has 0 aromatic carbocycles. The summed E-state index contributed by atoms with van der Waals surface area (Å²) >= 11 is 0. The predicted molar refractivity (Wildman–Crippen MR) is 63.8 cm³/mol. The van der Waals surface area contributed by atoms with Crippen molar-refractivity contribution in [3.05, 3.63) is 35.7 Å². The number of aryl methyl sites for hydroxylation is 4. The third-order valence-corrected chi connectivity index (χ3v) is 2.78. The highest BCUT2D eigenvalue weighted by molar-refractivity contribution is 5.94. The Hall–Kier alpha value is -1.91. The van der Waals surface area contributed by atoms with Crippen molar-refractivity contribution in [1.29, 1.82) is 0 Å². The summed E-state index contributed by atoms with van der Waals surface area (Å²) in [5, 5.41) is 4.17. The minimum atomic E-state index is 0.108. The molecule has 0 radical (unpaired) electrons. The van der Waals surface area contributed by atoms with E-state index in [1.165, 1.54) is 0 Å². The Morgan fingerprint density at radius 1 is 1.41 bits per heavy atom. The summed E-state index contributed by atoms with van der Waals surface area (Å²) in [4.78, 5) is 16.2. The van der Waals surface area contributed by atoms with Crippen molar-refractivity contribution in [2.45, 2.75) is 19.8 Å². The first-order valence-corrected chi connectivity index (χ1v) is 5.58. The first-order valence-electron chi connectivity index (χ1n) is 5.58. The molecular formula is C12H16N4O. The van der Waals surface area contributed by atoms with Crippen LogP contribution in [0.3, 0.4) is 0 Å². The third kappa shape index (κ3) is 2.43. The molecule has 2 aromatic rings. The monoisotopic (exact) mass is 232 g/mol. The average Bonchev–Trinajstić information content (AvgIpc) is 2.81. The van der Waals surface area contributed by atoms with Gasteiger partial charge < -0.3 is 4.57 Å². The van der Waals surface area contributed by atoms with Crippen LogP contribution >= 0.6 is 0 Å². The summed E-state index contributed by atoms with van der Waals surface area (Å²) < 4.78 is 3.57. The van der Waals surface area contributed by atoms with Crippen molar-refractivity contribution >= 4 is 5.78 Å². The highest BCUT2D eigenvalue weighted by Gasteiger charge is 2.12. The maximum atomic E-state index is 12.0. The van der Waals surface area contributed by atoms with E-state index in [4.69, 9.17) is 0 Å². The summed E-state index contributed by atoms with van der Waals surface area (Å²) in [7, 11) is 3.72. The molecule has 0 saturated heterocycles. The Labute approximate surface area is 100 Å².